The van der Waals surface area contributed by atoms with E-state index in [4.69, 9.17) is 10.5 Å². The molecule has 0 aliphatic heterocycles. The highest BCUT2D eigenvalue weighted by Crippen LogP contribution is 2.18. The van der Waals surface area contributed by atoms with Crippen molar-refractivity contribution >= 4 is 16.9 Å². The van der Waals surface area contributed by atoms with Gasteiger partial charge < -0.3 is 15.0 Å². The molecule has 0 spiro atoms. The number of rotatable bonds is 4. The van der Waals surface area contributed by atoms with Crippen molar-refractivity contribution in [3.05, 3.63) is 48.4 Å². The van der Waals surface area contributed by atoms with Crippen molar-refractivity contribution < 1.29 is 4.74 Å². The summed E-state index contributed by atoms with van der Waals surface area (Å²) in [5.74, 6) is 1.61. The maximum Gasteiger partial charge on any atom is 0.160 e. The number of nitrogens with two attached hydrogens (primary N) is 1. The number of ether oxygens (including phenoxy) is 1. The average molecular weight is 268 g/mol. The number of hydrogen-bond donors (Lipinski definition) is 1. The third-order valence-electron chi connectivity index (χ3n) is 3.13. The predicted molar refractivity (Wildman–Crippen MR) is 78.4 cm³/mol. The van der Waals surface area contributed by atoms with Gasteiger partial charge in [-0.3, -0.25) is 0 Å². The van der Waals surface area contributed by atoms with Gasteiger partial charge in [-0.05, 0) is 31.2 Å². The first-order valence-corrected chi connectivity index (χ1v) is 6.56. The molecular formula is C15H16N4O. The molecule has 5 nitrogen and oxygen atoms in total. The van der Waals surface area contributed by atoms with Crippen molar-refractivity contribution in [2.24, 2.45) is 0 Å². The molecule has 2 aromatic heterocycles. The summed E-state index contributed by atoms with van der Waals surface area (Å²) in [7, 11) is 0. The van der Waals surface area contributed by atoms with Crippen molar-refractivity contribution in [1.29, 1.82) is 0 Å². The molecule has 0 radical (unpaired) electrons. The third kappa shape index (κ3) is 2.30. The lowest BCUT2D eigenvalue weighted by Gasteiger charge is -2.08. The van der Waals surface area contributed by atoms with Gasteiger partial charge >= 0.3 is 0 Å². The molecule has 3 aromatic rings. The van der Waals surface area contributed by atoms with E-state index in [1.807, 2.05) is 30.3 Å². The number of aryl methyl sites for hydroxylation is 1. The molecule has 0 amide bonds. The van der Waals surface area contributed by atoms with Crippen LogP contribution >= 0.6 is 0 Å². The molecule has 102 valence electrons. The van der Waals surface area contributed by atoms with Gasteiger partial charge in [0, 0.05) is 24.5 Å². The lowest BCUT2D eigenvalue weighted by Crippen LogP contribution is -2.06. The van der Waals surface area contributed by atoms with E-state index in [1.165, 1.54) is 0 Å². The van der Waals surface area contributed by atoms with Crippen LogP contribution in [0.4, 0.5) is 5.69 Å². The van der Waals surface area contributed by atoms with Gasteiger partial charge in [0.25, 0.3) is 0 Å². The van der Waals surface area contributed by atoms with Crippen LogP contribution in [0, 0.1) is 0 Å². The number of anilines is 1. The van der Waals surface area contributed by atoms with Crippen LogP contribution in [-0.2, 0) is 13.2 Å². The Morgan fingerprint density at radius 1 is 1.25 bits per heavy atom. The molecule has 20 heavy (non-hydrogen) atoms. The van der Waals surface area contributed by atoms with Crippen molar-refractivity contribution in [2.45, 2.75) is 20.1 Å². The molecule has 1 aromatic carbocycles. The van der Waals surface area contributed by atoms with E-state index < -0.39 is 0 Å². The standard InChI is InChI=1S/C15H16N4O/c1-2-19-14(18-13-7-4-8-17-15(13)19)10-20-12-6-3-5-11(16)9-12/h3-9H,2,10,16H2,1H3. The topological polar surface area (TPSA) is 66.0 Å². The van der Waals surface area contributed by atoms with Gasteiger partial charge in [0.15, 0.2) is 5.65 Å². The largest absolute Gasteiger partial charge is 0.486 e. The van der Waals surface area contributed by atoms with Crippen molar-refractivity contribution in [3.8, 4) is 5.75 Å². The highest BCUT2D eigenvalue weighted by atomic mass is 16.5. The number of benzene rings is 1. The quantitative estimate of drug-likeness (QED) is 0.739. The second-order valence-electron chi connectivity index (χ2n) is 4.48. The van der Waals surface area contributed by atoms with Crippen LogP contribution < -0.4 is 10.5 Å². The van der Waals surface area contributed by atoms with Crippen molar-refractivity contribution in [3.63, 3.8) is 0 Å². The smallest absolute Gasteiger partial charge is 0.160 e. The minimum absolute atomic E-state index is 0.396. The molecule has 2 heterocycles. The summed E-state index contributed by atoms with van der Waals surface area (Å²) in [4.78, 5) is 8.93. The van der Waals surface area contributed by atoms with E-state index in [1.54, 1.807) is 12.3 Å². The maximum atomic E-state index is 5.75. The molecule has 0 bridgehead atoms. The Morgan fingerprint density at radius 3 is 2.95 bits per heavy atom. The molecule has 0 atom stereocenters. The van der Waals surface area contributed by atoms with Gasteiger partial charge in [-0.25, -0.2) is 9.97 Å². The SMILES string of the molecule is CCn1c(COc2cccc(N)c2)nc2cccnc21. The number of pyridine rings is 1. The summed E-state index contributed by atoms with van der Waals surface area (Å²) in [5, 5.41) is 0. The minimum Gasteiger partial charge on any atom is -0.486 e. The second-order valence-corrected chi connectivity index (χ2v) is 4.48. The Balaban J connectivity index is 1.87. The molecule has 0 aliphatic carbocycles. The van der Waals surface area contributed by atoms with Crippen molar-refractivity contribution in [1.82, 2.24) is 14.5 Å². The van der Waals surface area contributed by atoms with E-state index in [0.29, 0.717) is 12.3 Å². The average Bonchev–Trinajstić information content (AvgIpc) is 2.82. The van der Waals surface area contributed by atoms with Gasteiger partial charge in [-0.1, -0.05) is 6.07 Å². The Morgan fingerprint density at radius 2 is 2.15 bits per heavy atom. The number of aromatic nitrogens is 3. The van der Waals surface area contributed by atoms with Gasteiger partial charge in [0.1, 0.15) is 23.7 Å². The summed E-state index contributed by atoms with van der Waals surface area (Å²) in [5.41, 5.74) is 8.20. The summed E-state index contributed by atoms with van der Waals surface area (Å²) in [6.45, 7) is 3.27. The minimum atomic E-state index is 0.396. The second kappa shape index (κ2) is 5.21. The van der Waals surface area contributed by atoms with Gasteiger partial charge in [0.2, 0.25) is 0 Å². The molecule has 0 unspecified atom stereocenters. The van der Waals surface area contributed by atoms with Crippen LogP contribution in [0.25, 0.3) is 11.2 Å². The molecule has 0 saturated carbocycles. The van der Waals surface area contributed by atoms with Crippen LogP contribution in [-0.4, -0.2) is 14.5 Å². The lowest BCUT2D eigenvalue weighted by molar-refractivity contribution is 0.291. The zero-order valence-corrected chi connectivity index (χ0v) is 11.3. The molecule has 0 saturated heterocycles. The fourth-order valence-corrected chi connectivity index (χ4v) is 2.20. The first-order valence-electron chi connectivity index (χ1n) is 6.56. The van der Waals surface area contributed by atoms with Gasteiger partial charge in [-0.15, -0.1) is 0 Å². The number of imidazole rings is 1. The van der Waals surface area contributed by atoms with E-state index >= 15 is 0 Å². The number of hydrogen-bond acceptors (Lipinski definition) is 4. The summed E-state index contributed by atoms with van der Waals surface area (Å²) in [6, 6.07) is 11.2. The summed E-state index contributed by atoms with van der Waals surface area (Å²) < 4.78 is 7.81. The fraction of sp³-hybridized carbons (Fsp3) is 0.200. The maximum absolute atomic E-state index is 5.75. The van der Waals surface area contributed by atoms with Gasteiger partial charge in [0.05, 0.1) is 0 Å². The Hall–Kier alpha value is -2.56. The molecule has 0 fully saturated rings. The zero-order chi connectivity index (χ0) is 13.9. The molecule has 5 heteroatoms. The Bertz CT molecular complexity index is 736. The summed E-state index contributed by atoms with van der Waals surface area (Å²) >= 11 is 0. The molecule has 0 aliphatic rings. The Kier molecular flexibility index (Phi) is 3.25. The van der Waals surface area contributed by atoms with Crippen LogP contribution in [0.1, 0.15) is 12.7 Å². The molecule has 3 rings (SSSR count). The van der Waals surface area contributed by atoms with Crippen molar-refractivity contribution in [2.75, 3.05) is 5.73 Å². The normalized spacial score (nSPS) is 10.8. The van der Waals surface area contributed by atoms with Crippen LogP contribution in [0.2, 0.25) is 0 Å². The molecule has 2 N–H and O–H groups in total. The number of fused-ring (bicyclic) bond motifs is 1. The van der Waals surface area contributed by atoms with Gasteiger partial charge in [-0.2, -0.15) is 0 Å². The number of nitrogen functional groups attached to an aromatic ring is 1. The van der Waals surface area contributed by atoms with Crippen LogP contribution in [0.3, 0.4) is 0 Å². The zero-order valence-electron chi connectivity index (χ0n) is 11.3. The third-order valence-corrected chi connectivity index (χ3v) is 3.13. The Labute approximate surface area is 117 Å². The molecular weight excluding hydrogens is 252 g/mol. The highest BCUT2D eigenvalue weighted by Gasteiger charge is 2.10. The first-order chi connectivity index (χ1) is 9.78. The number of nitrogens with zero attached hydrogens (tertiary/aromatic N) is 3. The lowest BCUT2D eigenvalue weighted by atomic mass is 10.3. The van der Waals surface area contributed by atoms with E-state index in [9.17, 15) is 0 Å². The van der Waals surface area contributed by atoms with E-state index in [2.05, 4.69) is 21.5 Å². The highest BCUT2D eigenvalue weighted by molar-refractivity contribution is 5.71. The monoisotopic (exact) mass is 268 g/mol. The van der Waals surface area contributed by atoms with E-state index in [0.717, 1.165) is 29.3 Å². The fourth-order valence-electron chi connectivity index (χ4n) is 2.20. The predicted octanol–water partition coefficient (Wildman–Crippen LogP) is 2.61. The first kappa shape index (κ1) is 12.5. The van der Waals surface area contributed by atoms with E-state index in [-0.39, 0.29) is 0 Å². The van der Waals surface area contributed by atoms with Crippen LogP contribution in [0.15, 0.2) is 42.6 Å². The summed E-state index contributed by atoms with van der Waals surface area (Å²) in [6.07, 6.45) is 1.78. The van der Waals surface area contributed by atoms with Crippen LogP contribution in [0.5, 0.6) is 5.75 Å².